The summed E-state index contributed by atoms with van der Waals surface area (Å²) in [5.41, 5.74) is 2.32. The van der Waals surface area contributed by atoms with Gasteiger partial charge in [0.25, 0.3) is 5.91 Å². The fourth-order valence-electron chi connectivity index (χ4n) is 1.73. The zero-order valence-corrected chi connectivity index (χ0v) is 12.2. The van der Waals surface area contributed by atoms with Gasteiger partial charge in [0.05, 0.1) is 6.04 Å². The van der Waals surface area contributed by atoms with E-state index >= 15 is 0 Å². The van der Waals surface area contributed by atoms with E-state index in [1.807, 2.05) is 24.4 Å². The molecule has 112 valence electrons. The van der Waals surface area contributed by atoms with E-state index in [4.69, 9.17) is 4.74 Å². The molecule has 1 aliphatic heterocycles. The first-order chi connectivity index (χ1) is 10.1. The van der Waals surface area contributed by atoms with Crippen molar-refractivity contribution in [3.63, 3.8) is 0 Å². The van der Waals surface area contributed by atoms with Crippen LogP contribution in [0.25, 0.3) is 0 Å². The molecule has 1 aromatic heterocycles. The lowest BCUT2D eigenvalue weighted by Gasteiger charge is -2.13. The summed E-state index contributed by atoms with van der Waals surface area (Å²) in [5, 5.41) is 8.26. The summed E-state index contributed by atoms with van der Waals surface area (Å²) < 4.78 is 4.87. The largest absolute Gasteiger partial charge is 0.451 e. The van der Waals surface area contributed by atoms with Crippen LogP contribution in [0.4, 0.5) is 0 Å². The highest BCUT2D eigenvalue weighted by Crippen LogP contribution is 2.17. The molecular weight excluding hydrogens is 294 g/mol. The number of ether oxygens (including phenoxy) is 1. The third kappa shape index (κ3) is 4.38. The van der Waals surface area contributed by atoms with Crippen molar-refractivity contribution in [1.82, 2.24) is 10.7 Å². The second-order valence-corrected chi connectivity index (χ2v) is 5.45. The Bertz CT molecular complexity index is 568. The summed E-state index contributed by atoms with van der Waals surface area (Å²) >= 11 is 1.54. The zero-order chi connectivity index (χ0) is 15.2. The Hall–Kier alpha value is -2.22. The van der Waals surface area contributed by atoms with Gasteiger partial charge in [-0.2, -0.15) is 5.10 Å². The number of esters is 1. The van der Waals surface area contributed by atoms with Gasteiger partial charge in [-0.25, -0.2) is 10.2 Å². The smallest absolute Gasteiger partial charge is 0.355 e. The van der Waals surface area contributed by atoms with E-state index in [2.05, 4.69) is 15.8 Å². The lowest BCUT2D eigenvalue weighted by molar-refractivity contribution is -0.142. The molecule has 2 amide bonds. The van der Waals surface area contributed by atoms with E-state index in [9.17, 15) is 14.4 Å². The van der Waals surface area contributed by atoms with Gasteiger partial charge in [-0.05, 0) is 18.4 Å². The minimum atomic E-state index is -0.686. The van der Waals surface area contributed by atoms with Crippen molar-refractivity contribution >= 4 is 34.8 Å². The number of rotatable bonds is 5. The maximum atomic E-state index is 11.7. The van der Waals surface area contributed by atoms with Crippen molar-refractivity contribution in [2.75, 3.05) is 6.61 Å². The number of carbonyl (C=O) groups is 3. The van der Waals surface area contributed by atoms with Gasteiger partial charge in [-0.1, -0.05) is 6.07 Å². The Morgan fingerprint density at radius 1 is 1.52 bits per heavy atom. The van der Waals surface area contributed by atoms with Gasteiger partial charge in [0, 0.05) is 17.7 Å². The zero-order valence-electron chi connectivity index (χ0n) is 11.4. The molecule has 0 saturated heterocycles. The number of amides is 2. The normalized spacial score (nSPS) is 15.7. The molecule has 0 aromatic carbocycles. The molecule has 0 spiro atoms. The summed E-state index contributed by atoms with van der Waals surface area (Å²) in [6.07, 6.45) is 0.410. The van der Waals surface area contributed by atoms with Gasteiger partial charge < -0.3 is 10.1 Å². The summed E-state index contributed by atoms with van der Waals surface area (Å²) in [5.74, 6) is -1.31. The molecule has 0 radical (unpaired) electrons. The Kier molecular flexibility index (Phi) is 5.04. The predicted octanol–water partition coefficient (Wildman–Crippen LogP) is 0.735. The van der Waals surface area contributed by atoms with Crippen LogP contribution < -0.4 is 10.7 Å². The molecular formula is C13H15N3O4S. The lowest BCUT2D eigenvalue weighted by Crippen LogP contribution is -2.34. The summed E-state index contributed by atoms with van der Waals surface area (Å²) in [6.45, 7) is 1.48. The molecule has 2 heterocycles. The Morgan fingerprint density at radius 3 is 2.95 bits per heavy atom. The third-order valence-electron chi connectivity index (χ3n) is 2.82. The Morgan fingerprint density at radius 2 is 2.33 bits per heavy atom. The van der Waals surface area contributed by atoms with E-state index in [1.54, 1.807) is 0 Å². The van der Waals surface area contributed by atoms with Crippen LogP contribution in [0, 0.1) is 0 Å². The monoisotopic (exact) mass is 309 g/mol. The molecule has 0 saturated carbocycles. The van der Waals surface area contributed by atoms with E-state index in [0.29, 0.717) is 0 Å². The number of carbonyl (C=O) groups excluding carboxylic acids is 3. The van der Waals surface area contributed by atoms with Crippen molar-refractivity contribution in [3.05, 3.63) is 22.4 Å². The molecule has 21 heavy (non-hydrogen) atoms. The van der Waals surface area contributed by atoms with Gasteiger partial charge in [0.15, 0.2) is 6.61 Å². The highest BCUT2D eigenvalue weighted by Gasteiger charge is 2.20. The second kappa shape index (κ2) is 6.98. The van der Waals surface area contributed by atoms with Crippen LogP contribution in [0.5, 0.6) is 0 Å². The van der Waals surface area contributed by atoms with Crippen molar-refractivity contribution < 1.29 is 19.1 Å². The molecule has 0 bridgehead atoms. The molecule has 7 nitrogen and oxygen atoms in total. The third-order valence-corrected chi connectivity index (χ3v) is 3.88. The molecule has 0 fully saturated rings. The number of nitrogens with one attached hydrogen (secondary N) is 2. The van der Waals surface area contributed by atoms with E-state index in [1.165, 1.54) is 11.3 Å². The fraction of sp³-hybridized carbons (Fsp3) is 0.385. The van der Waals surface area contributed by atoms with Crippen molar-refractivity contribution in [3.8, 4) is 0 Å². The average molecular weight is 309 g/mol. The number of hydrazone groups is 1. The van der Waals surface area contributed by atoms with Gasteiger partial charge in [-0.15, -0.1) is 11.3 Å². The Balaban J connectivity index is 1.76. The molecule has 0 aliphatic carbocycles. The maximum Gasteiger partial charge on any atom is 0.355 e. The van der Waals surface area contributed by atoms with Gasteiger partial charge >= 0.3 is 5.97 Å². The van der Waals surface area contributed by atoms with Crippen LogP contribution in [0.3, 0.4) is 0 Å². The topological polar surface area (TPSA) is 96.9 Å². The predicted molar refractivity (Wildman–Crippen MR) is 76.6 cm³/mol. The molecule has 8 heteroatoms. The van der Waals surface area contributed by atoms with Crippen LogP contribution >= 0.6 is 11.3 Å². The summed E-state index contributed by atoms with van der Waals surface area (Å²) in [4.78, 5) is 35.3. The Labute approximate surface area is 125 Å². The molecule has 1 aliphatic rings. The van der Waals surface area contributed by atoms with Gasteiger partial charge in [0.2, 0.25) is 5.91 Å². The van der Waals surface area contributed by atoms with Crippen molar-refractivity contribution in [2.45, 2.75) is 25.8 Å². The SMILES string of the molecule is C[C@H](NC(=O)COC(=O)C1=NNC(=O)CC1)c1cccs1. The van der Waals surface area contributed by atoms with E-state index in [0.717, 1.165) is 4.88 Å². The molecule has 2 rings (SSSR count). The summed E-state index contributed by atoms with van der Waals surface area (Å²) in [6, 6.07) is 3.68. The number of hydrogen-bond donors (Lipinski definition) is 2. The van der Waals surface area contributed by atoms with Crippen LogP contribution in [-0.4, -0.2) is 30.1 Å². The number of nitrogens with zero attached hydrogens (tertiary/aromatic N) is 1. The average Bonchev–Trinajstić information content (AvgIpc) is 3.00. The quantitative estimate of drug-likeness (QED) is 0.784. The van der Waals surface area contributed by atoms with Crippen LogP contribution in [0.2, 0.25) is 0 Å². The van der Waals surface area contributed by atoms with E-state index in [-0.39, 0.29) is 43.0 Å². The molecule has 2 N–H and O–H groups in total. The fourth-order valence-corrected chi connectivity index (χ4v) is 2.46. The molecule has 0 unspecified atom stereocenters. The van der Waals surface area contributed by atoms with Crippen LogP contribution in [0.1, 0.15) is 30.7 Å². The van der Waals surface area contributed by atoms with Gasteiger partial charge in [-0.3, -0.25) is 9.59 Å². The standard InChI is InChI=1S/C13H15N3O4S/c1-8(10-3-2-6-21-10)14-12(18)7-20-13(19)9-4-5-11(17)16-15-9/h2-3,6,8H,4-5,7H2,1H3,(H,14,18)(H,16,17)/t8-/m0/s1. The maximum absolute atomic E-state index is 11.7. The van der Waals surface area contributed by atoms with Crippen LogP contribution in [0.15, 0.2) is 22.6 Å². The lowest BCUT2D eigenvalue weighted by atomic mass is 10.2. The van der Waals surface area contributed by atoms with Crippen molar-refractivity contribution in [2.24, 2.45) is 5.10 Å². The highest BCUT2D eigenvalue weighted by molar-refractivity contribution is 7.10. The first-order valence-corrected chi connectivity index (χ1v) is 7.29. The van der Waals surface area contributed by atoms with Crippen LogP contribution in [-0.2, 0) is 19.1 Å². The second-order valence-electron chi connectivity index (χ2n) is 4.47. The molecule has 1 aromatic rings. The first kappa shape index (κ1) is 15.2. The van der Waals surface area contributed by atoms with Gasteiger partial charge in [0.1, 0.15) is 5.71 Å². The van der Waals surface area contributed by atoms with Crippen molar-refractivity contribution in [1.29, 1.82) is 0 Å². The first-order valence-electron chi connectivity index (χ1n) is 6.41. The number of thiophene rings is 1. The summed E-state index contributed by atoms with van der Waals surface area (Å²) in [7, 11) is 0. The highest BCUT2D eigenvalue weighted by atomic mass is 32.1. The minimum Gasteiger partial charge on any atom is -0.451 e. The minimum absolute atomic E-state index is 0.119. The van der Waals surface area contributed by atoms with E-state index < -0.39 is 5.97 Å². The number of hydrogen-bond acceptors (Lipinski definition) is 6. The molecule has 1 atom stereocenters.